The van der Waals surface area contributed by atoms with Gasteiger partial charge in [0.15, 0.2) is 0 Å². The number of hydrogen-bond acceptors (Lipinski definition) is 2. The first-order valence-corrected chi connectivity index (χ1v) is 6.55. The van der Waals surface area contributed by atoms with Crippen LogP contribution in [0, 0.1) is 5.92 Å². The standard InChI is InChI=1S/C13H23NO2/c1-10-5-3-6-11(9-10)14-12(15)13(2)7-4-8-16-13/h10-11H,3-9H2,1-2H3,(H,14,15). The van der Waals surface area contributed by atoms with E-state index >= 15 is 0 Å². The van der Waals surface area contributed by atoms with E-state index in [0.29, 0.717) is 6.04 Å². The molecule has 1 heterocycles. The van der Waals surface area contributed by atoms with Crippen molar-refractivity contribution >= 4 is 5.91 Å². The number of hydrogen-bond donors (Lipinski definition) is 1. The second-order valence-electron chi connectivity index (χ2n) is 5.63. The summed E-state index contributed by atoms with van der Waals surface area (Å²) in [5.41, 5.74) is -0.555. The summed E-state index contributed by atoms with van der Waals surface area (Å²) < 4.78 is 5.56. The maximum absolute atomic E-state index is 12.1. The van der Waals surface area contributed by atoms with Crippen LogP contribution in [0.1, 0.15) is 52.4 Å². The Balaban J connectivity index is 1.86. The van der Waals surface area contributed by atoms with Gasteiger partial charge in [-0.2, -0.15) is 0 Å². The van der Waals surface area contributed by atoms with Crippen molar-refractivity contribution in [2.24, 2.45) is 5.92 Å². The van der Waals surface area contributed by atoms with Gasteiger partial charge in [0.05, 0.1) is 0 Å². The van der Waals surface area contributed by atoms with Crippen molar-refractivity contribution in [3.8, 4) is 0 Å². The molecule has 1 amide bonds. The van der Waals surface area contributed by atoms with E-state index in [1.165, 1.54) is 12.8 Å². The zero-order chi connectivity index (χ0) is 11.6. The van der Waals surface area contributed by atoms with Crippen molar-refractivity contribution in [1.82, 2.24) is 5.32 Å². The lowest BCUT2D eigenvalue weighted by Crippen LogP contribution is -2.49. The summed E-state index contributed by atoms with van der Waals surface area (Å²) in [4.78, 5) is 12.1. The fourth-order valence-corrected chi connectivity index (χ4v) is 2.86. The molecular formula is C13H23NO2. The van der Waals surface area contributed by atoms with Gasteiger partial charge in [-0.25, -0.2) is 0 Å². The number of rotatable bonds is 2. The Kier molecular flexibility index (Phi) is 3.53. The molecule has 3 heteroatoms. The quantitative estimate of drug-likeness (QED) is 0.782. The minimum atomic E-state index is -0.555. The number of carbonyl (C=O) groups is 1. The lowest BCUT2D eigenvalue weighted by atomic mass is 9.86. The molecule has 0 aromatic heterocycles. The zero-order valence-corrected chi connectivity index (χ0v) is 10.4. The number of nitrogens with one attached hydrogen (secondary N) is 1. The summed E-state index contributed by atoms with van der Waals surface area (Å²) >= 11 is 0. The fourth-order valence-electron chi connectivity index (χ4n) is 2.86. The van der Waals surface area contributed by atoms with Crippen LogP contribution in [0.3, 0.4) is 0 Å². The minimum absolute atomic E-state index is 0.101. The molecule has 16 heavy (non-hydrogen) atoms. The Labute approximate surface area is 97.9 Å². The van der Waals surface area contributed by atoms with Crippen molar-refractivity contribution in [1.29, 1.82) is 0 Å². The van der Waals surface area contributed by atoms with Crippen LogP contribution in [0.4, 0.5) is 0 Å². The van der Waals surface area contributed by atoms with Crippen molar-refractivity contribution in [3.63, 3.8) is 0 Å². The second-order valence-corrected chi connectivity index (χ2v) is 5.63. The highest BCUT2D eigenvalue weighted by molar-refractivity contribution is 5.85. The van der Waals surface area contributed by atoms with Crippen LogP contribution in [-0.2, 0) is 9.53 Å². The van der Waals surface area contributed by atoms with Crippen LogP contribution in [0.2, 0.25) is 0 Å². The first kappa shape index (κ1) is 11.9. The maximum Gasteiger partial charge on any atom is 0.252 e. The Morgan fingerprint density at radius 3 is 2.81 bits per heavy atom. The van der Waals surface area contributed by atoms with Gasteiger partial charge in [-0.05, 0) is 38.5 Å². The van der Waals surface area contributed by atoms with E-state index in [0.717, 1.165) is 38.2 Å². The van der Waals surface area contributed by atoms with Crippen LogP contribution in [0.15, 0.2) is 0 Å². The molecule has 2 fully saturated rings. The smallest absolute Gasteiger partial charge is 0.252 e. The van der Waals surface area contributed by atoms with E-state index < -0.39 is 5.60 Å². The third-order valence-corrected chi connectivity index (χ3v) is 3.97. The Bertz CT molecular complexity index is 259. The van der Waals surface area contributed by atoms with E-state index in [4.69, 9.17) is 4.74 Å². The fraction of sp³-hybridized carbons (Fsp3) is 0.923. The predicted molar refractivity (Wildman–Crippen MR) is 63.2 cm³/mol. The first-order valence-electron chi connectivity index (χ1n) is 6.55. The first-order chi connectivity index (χ1) is 7.60. The van der Waals surface area contributed by atoms with E-state index in [1.807, 2.05) is 6.92 Å². The maximum atomic E-state index is 12.1. The molecule has 92 valence electrons. The summed E-state index contributed by atoms with van der Waals surface area (Å²) in [5.74, 6) is 0.848. The van der Waals surface area contributed by atoms with Gasteiger partial charge in [-0.15, -0.1) is 0 Å². The molecule has 1 saturated carbocycles. The third-order valence-electron chi connectivity index (χ3n) is 3.97. The molecule has 1 aliphatic heterocycles. The van der Waals surface area contributed by atoms with Gasteiger partial charge >= 0.3 is 0 Å². The van der Waals surface area contributed by atoms with Crippen molar-refractivity contribution in [2.75, 3.05) is 6.61 Å². The van der Waals surface area contributed by atoms with E-state index in [-0.39, 0.29) is 5.91 Å². The van der Waals surface area contributed by atoms with E-state index in [1.54, 1.807) is 0 Å². The highest BCUT2D eigenvalue weighted by Crippen LogP contribution is 2.27. The lowest BCUT2D eigenvalue weighted by Gasteiger charge is -2.31. The van der Waals surface area contributed by atoms with Gasteiger partial charge in [-0.1, -0.05) is 19.8 Å². The molecule has 1 N–H and O–H groups in total. The third kappa shape index (κ3) is 2.57. The average molecular weight is 225 g/mol. The van der Waals surface area contributed by atoms with Gasteiger partial charge in [0.1, 0.15) is 5.60 Å². The lowest BCUT2D eigenvalue weighted by molar-refractivity contribution is -0.140. The van der Waals surface area contributed by atoms with Crippen molar-refractivity contribution in [3.05, 3.63) is 0 Å². The van der Waals surface area contributed by atoms with Crippen LogP contribution < -0.4 is 5.32 Å². The van der Waals surface area contributed by atoms with Gasteiger partial charge in [0.2, 0.25) is 0 Å². The molecule has 1 saturated heterocycles. The molecular weight excluding hydrogens is 202 g/mol. The normalized spacial score (nSPS) is 39.6. The molecule has 0 aromatic carbocycles. The van der Waals surface area contributed by atoms with Crippen LogP contribution in [0.5, 0.6) is 0 Å². The van der Waals surface area contributed by atoms with Crippen LogP contribution in [-0.4, -0.2) is 24.2 Å². The molecule has 3 unspecified atom stereocenters. The minimum Gasteiger partial charge on any atom is -0.365 e. The molecule has 1 aliphatic carbocycles. The van der Waals surface area contributed by atoms with Gasteiger partial charge in [0.25, 0.3) is 5.91 Å². The number of amides is 1. The summed E-state index contributed by atoms with van der Waals surface area (Å²) in [6.45, 7) is 4.92. The summed E-state index contributed by atoms with van der Waals surface area (Å²) in [6, 6.07) is 0.372. The van der Waals surface area contributed by atoms with Crippen molar-refractivity contribution in [2.45, 2.75) is 64.0 Å². The number of ether oxygens (including phenoxy) is 1. The largest absolute Gasteiger partial charge is 0.365 e. The highest BCUT2D eigenvalue weighted by Gasteiger charge is 2.38. The molecule has 2 aliphatic rings. The van der Waals surface area contributed by atoms with Gasteiger partial charge in [0, 0.05) is 12.6 Å². The monoisotopic (exact) mass is 225 g/mol. The number of carbonyl (C=O) groups excluding carboxylic acids is 1. The topological polar surface area (TPSA) is 38.3 Å². The van der Waals surface area contributed by atoms with Crippen LogP contribution >= 0.6 is 0 Å². The van der Waals surface area contributed by atoms with E-state index in [9.17, 15) is 4.79 Å². The summed E-state index contributed by atoms with van der Waals surface area (Å²) in [6.07, 6.45) is 6.67. The predicted octanol–water partition coefficient (Wildman–Crippen LogP) is 2.25. The van der Waals surface area contributed by atoms with Gasteiger partial charge in [-0.3, -0.25) is 4.79 Å². The molecule has 0 bridgehead atoms. The Morgan fingerprint density at radius 2 is 2.19 bits per heavy atom. The molecule has 2 rings (SSSR count). The molecule has 0 aromatic rings. The average Bonchev–Trinajstić information content (AvgIpc) is 2.66. The SMILES string of the molecule is CC1CCCC(NC(=O)C2(C)CCCO2)C1. The highest BCUT2D eigenvalue weighted by atomic mass is 16.5. The molecule has 3 nitrogen and oxygen atoms in total. The second kappa shape index (κ2) is 4.74. The van der Waals surface area contributed by atoms with E-state index in [2.05, 4.69) is 12.2 Å². The Morgan fingerprint density at radius 1 is 1.38 bits per heavy atom. The Hall–Kier alpha value is -0.570. The molecule has 0 radical (unpaired) electrons. The van der Waals surface area contributed by atoms with Gasteiger partial charge < -0.3 is 10.1 Å². The van der Waals surface area contributed by atoms with Crippen molar-refractivity contribution < 1.29 is 9.53 Å². The molecule has 3 atom stereocenters. The summed E-state index contributed by atoms with van der Waals surface area (Å²) in [5, 5.41) is 3.17. The summed E-state index contributed by atoms with van der Waals surface area (Å²) in [7, 11) is 0. The molecule has 0 spiro atoms. The zero-order valence-electron chi connectivity index (χ0n) is 10.4. The van der Waals surface area contributed by atoms with Crippen LogP contribution in [0.25, 0.3) is 0 Å².